The molecule has 8 heteroatoms. The van der Waals surface area contributed by atoms with Crippen LogP contribution in [0, 0.1) is 13.8 Å². The van der Waals surface area contributed by atoms with Crippen molar-refractivity contribution in [2.24, 2.45) is 7.05 Å². The number of carbonyl (C=O) groups excluding carboxylic acids is 1. The number of amides is 1. The van der Waals surface area contributed by atoms with E-state index in [-0.39, 0.29) is 18.2 Å². The van der Waals surface area contributed by atoms with Crippen LogP contribution in [0.3, 0.4) is 0 Å². The number of hydrogen-bond donors (Lipinski definition) is 1. The summed E-state index contributed by atoms with van der Waals surface area (Å²) in [5.41, 5.74) is 3.39. The van der Waals surface area contributed by atoms with Crippen LogP contribution in [0.5, 0.6) is 5.75 Å². The zero-order valence-electron chi connectivity index (χ0n) is 14.6. The van der Waals surface area contributed by atoms with Crippen molar-refractivity contribution in [2.45, 2.75) is 27.0 Å². The highest BCUT2D eigenvalue weighted by atomic mass is 19.3. The maximum atomic E-state index is 12.5. The average molecular weight is 360 g/mol. The molecule has 0 aliphatic rings. The first-order chi connectivity index (χ1) is 12.3. The SMILES string of the molecule is Cc1nc2c(cc1C(=O)NCc1ccc(OC(F)F)cc1)c(C)nn2C. The molecular weight excluding hydrogens is 342 g/mol. The smallest absolute Gasteiger partial charge is 0.387 e. The molecule has 6 nitrogen and oxygen atoms in total. The highest BCUT2D eigenvalue weighted by Crippen LogP contribution is 2.19. The second-order valence-corrected chi connectivity index (χ2v) is 5.91. The van der Waals surface area contributed by atoms with E-state index < -0.39 is 6.61 Å². The van der Waals surface area contributed by atoms with Gasteiger partial charge in [0.05, 0.1) is 17.0 Å². The number of alkyl halides is 2. The lowest BCUT2D eigenvalue weighted by Gasteiger charge is -2.09. The number of pyridine rings is 1. The molecule has 26 heavy (non-hydrogen) atoms. The lowest BCUT2D eigenvalue weighted by molar-refractivity contribution is -0.0498. The lowest BCUT2D eigenvalue weighted by atomic mass is 10.1. The van der Waals surface area contributed by atoms with E-state index in [9.17, 15) is 13.6 Å². The van der Waals surface area contributed by atoms with Crippen LogP contribution in [0.4, 0.5) is 8.78 Å². The minimum Gasteiger partial charge on any atom is -0.435 e. The molecule has 1 aromatic carbocycles. The van der Waals surface area contributed by atoms with Crippen LogP contribution in [0.25, 0.3) is 11.0 Å². The van der Waals surface area contributed by atoms with E-state index in [1.165, 1.54) is 12.1 Å². The Balaban J connectivity index is 1.73. The zero-order chi connectivity index (χ0) is 18.8. The second kappa shape index (κ2) is 7.07. The molecule has 0 unspecified atom stereocenters. The standard InChI is InChI=1S/C18H18F2N4O2/c1-10-15(8-14-11(2)23-24(3)16(14)22-10)17(25)21-9-12-4-6-13(7-5-12)26-18(19)20/h4-8,18H,9H2,1-3H3,(H,21,25). The monoisotopic (exact) mass is 360 g/mol. The van der Waals surface area contributed by atoms with Gasteiger partial charge in [0.1, 0.15) is 5.75 Å². The van der Waals surface area contributed by atoms with Crippen LogP contribution in [-0.2, 0) is 13.6 Å². The second-order valence-electron chi connectivity index (χ2n) is 5.91. The molecule has 0 bridgehead atoms. The van der Waals surface area contributed by atoms with Crippen LogP contribution in [0.15, 0.2) is 30.3 Å². The summed E-state index contributed by atoms with van der Waals surface area (Å²) in [6.07, 6.45) is 0. The van der Waals surface area contributed by atoms with Crippen molar-refractivity contribution in [1.29, 1.82) is 0 Å². The number of aryl methyl sites for hydroxylation is 3. The van der Waals surface area contributed by atoms with Gasteiger partial charge in [-0.3, -0.25) is 9.48 Å². The summed E-state index contributed by atoms with van der Waals surface area (Å²) in [6.45, 7) is 1.04. The third-order valence-corrected chi connectivity index (χ3v) is 4.04. The number of rotatable bonds is 5. The minimum atomic E-state index is -2.86. The normalized spacial score (nSPS) is 11.2. The van der Waals surface area contributed by atoms with Gasteiger partial charge in [0.2, 0.25) is 0 Å². The van der Waals surface area contributed by atoms with Crippen LogP contribution >= 0.6 is 0 Å². The summed E-state index contributed by atoms with van der Waals surface area (Å²) >= 11 is 0. The van der Waals surface area contributed by atoms with Crippen LogP contribution in [0.1, 0.15) is 27.3 Å². The predicted octanol–water partition coefficient (Wildman–Crippen LogP) is 3.12. The Bertz CT molecular complexity index is 952. The maximum Gasteiger partial charge on any atom is 0.387 e. The molecule has 3 rings (SSSR count). The fraction of sp³-hybridized carbons (Fsp3) is 0.278. The van der Waals surface area contributed by atoms with Gasteiger partial charge in [0.25, 0.3) is 5.91 Å². The summed E-state index contributed by atoms with van der Waals surface area (Å²) < 4.78 is 30.3. The van der Waals surface area contributed by atoms with E-state index in [4.69, 9.17) is 0 Å². The number of benzene rings is 1. The third-order valence-electron chi connectivity index (χ3n) is 4.04. The Morgan fingerprint density at radius 2 is 1.92 bits per heavy atom. The third kappa shape index (κ3) is 3.63. The van der Waals surface area contributed by atoms with Gasteiger partial charge in [-0.1, -0.05) is 12.1 Å². The van der Waals surface area contributed by atoms with Crippen molar-refractivity contribution in [1.82, 2.24) is 20.1 Å². The molecule has 0 saturated heterocycles. The van der Waals surface area contributed by atoms with Crippen molar-refractivity contribution in [3.8, 4) is 5.75 Å². The first-order valence-electron chi connectivity index (χ1n) is 7.98. The zero-order valence-corrected chi connectivity index (χ0v) is 14.6. The highest BCUT2D eigenvalue weighted by molar-refractivity contribution is 5.98. The number of carbonyl (C=O) groups is 1. The summed E-state index contributed by atoms with van der Waals surface area (Å²) in [7, 11) is 1.81. The molecule has 0 aliphatic carbocycles. The van der Waals surface area contributed by atoms with Crippen molar-refractivity contribution in [2.75, 3.05) is 0 Å². The van der Waals surface area contributed by atoms with Crippen LogP contribution in [-0.4, -0.2) is 27.3 Å². The molecule has 2 aromatic heterocycles. The highest BCUT2D eigenvalue weighted by Gasteiger charge is 2.15. The molecule has 0 fully saturated rings. The summed E-state index contributed by atoms with van der Waals surface area (Å²) in [6, 6.07) is 7.90. The fourth-order valence-electron chi connectivity index (χ4n) is 2.73. The van der Waals surface area contributed by atoms with Crippen molar-refractivity contribution in [3.63, 3.8) is 0 Å². The Hall–Kier alpha value is -3.03. The maximum absolute atomic E-state index is 12.5. The molecule has 136 valence electrons. The van der Waals surface area contributed by atoms with Crippen LogP contribution in [0.2, 0.25) is 0 Å². The van der Waals surface area contributed by atoms with Crippen molar-refractivity contribution >= 4 is 16.9 Å². The van der Waals surface area contributed by atoms with Gasteiger partial charge in [0.15, 0.2) is 5.65 Å². The molecule has 2 heterocycles. The number of fused-ring (bicyclic) bond motifs is 1. The molecule has 1 N–H and O–H groups in total. The number of nitrogens with one attached hydrogen (secondary N) is 1. The van der Waals surface area contributed by atoms with E-state index >= 15 is 0 Å². The van der Waals surface area contributed by atoms with Gasteiger partial charge in [0, 0.05) is 19.0 Å². The first kappa shape index (κ1) is 17.8. The largest absolute Gasteiger partial charge is 0.435 e. The van der Waals surface area contributed by atoms with Gasteiger partial charge < -0.3 is 10.1 Å². The molecule has 1 amide bonds. The molecular formula is C18H18F2N4O2. The summed E-state index contributed by atoms with van der Waals surface area (Å²) in [5, 5.41) is 7.95. The molecule has 0 radical (unpaired) electrons. The Kier molecular flexibility index (Phi) is 4.83. The first-order valence-corrected chi connectivity index (χ1v) is 7.98. The van der Waals surface area contributed by atoms with Gasteiger partial charge in [-0.25, -0.2) is 4.98 Å². The summed E-state index contributed by atoms with van der Waals surface area (Å²) in [4.78, 5) is 17.0. The number of halogens is 2. The fourth-order valence-corrected chi connectivity index (χ4v) is 2.73. The van der Waals surface area contributed by atoms with Crippen molar-refractivity contribution < 1.29 is 18.3 Å². The molecule has 0 aliphatic heterocycles. The Morgan fingerprint density at radius 3 is 2.58 bits per heavy atom. The number of nitrogens with zero attached hydrogens (tertiary/aromatic N) is 3. The topological polar surface area (TPSA) is 69.0 Å². The minimum absolute atomic E-state index is 0.0765. The quantitative estimate of drug-likeness (QED) is 0.759. The molecule has 0 atom stereocenters. The van der Waals surface area contributed by atoms with E-state index in [1.807, 2.05) is 14.0 Å². The van der Waals surface area contributed by atoms with E-state index in [0.717, 1.165) is 22.3 Å². The lowest BCUT2D eigenvalue weighted by Crippen LogP contribution is -2.24. The van der Waals surface area contributed by atoms with E-state index in [2.05, 4.69) is 20.1 Å². The molecule has 0 spiro atoms. The number of hydrogen-bond acceptors (Lipinski definition) is 4. The number of ether oxygens (including phenoxy) is 1. The van der Waals surface area contributed by atoms with Crippen LogP contribution < -0.4 is 10.1 Å². The average Bonchev–Trinajstić information content (AvgIpc) is 2.86. The molecule has 0 saturated carbocycles. The number of aromatic nitrogens is 3. The van der Waals surface area contributed by atoms with Gasteiger partial charge in [-0.15, -0.1) is 0 Å². The van der Waals surface area contributed by atoms with E-state index in [0.29, 0.717) is 11.3 Å². The van der Waals surface area contributed by atoms with E-state index in [1.54, 1.807) is 29.8 Å². The van der Waals surface area contributed by atoms with Gasteiger partial charge in [-0.2, -0.15) is 13.9 Å². The molecule has 3 aromatic rings. The Labute approximate surface area is 148 Å². The predicted molar refractivity (Wildman–Crippen MR) is 92.2 cm³/mol. The Morgan fingerprint density at radius 1 is 1.23 bits per heavy atom. The van der Waals surface area contributed by atoms with Gasteiger partial charge in [-0.05, 0) is 37.6 Å². The van der Waals surface area contributed by atoms with Gasteiger partial charge >= 0.3 is 6.61 Å². The van der Waals surface area contributed by atoms with Crippen molar-refractivity contribution in [3.05, 3.63) is 52.8 Å². The summed E-state index contributed by atoms with van der Waals surface area (Å²) in [5.74, 6) is -0.180.